The van der Waals surface area contributed by atoms with Crippen molar-refractivity contribution in [3.63, 3.8) is 0 Å². The lowest BCUT2D eigenvalue weighted by atomic mass is 10.2. The van der Waals surface area contributed by atoms with E-state index in [0.29, 0.717) is 13.2 Å². The quantitative estimate of drug-likeness (QED) is 0.564. The highest BCUT2D eigenvalue weighted by Crippen LogP contribution is 2.44. The van der Waals surface area contributed by atoms with Crippen LogP contribution < -0.4 is 9.47 Å². The Bertz CT molecular complexity index is 277. The SMILES string of the molecule is Oc1ccc(O)c2c1OCCO2. The van der Waals surface area contributed by atoms with Crippen LogP contribution in [0.2, 0.25) is 0 Å². The average molecular weight is 168 g/mol. The van der Waals surface area contributed by atoms with Crippen molar-refractivity contribution in [2.75, 3.05) is 13.2 Å². The molecule has 0 radical (unpaired) electrons. The summed E-state index contributed by atoms with van der Waals surface area (Å²) < 4.78 is 10.2. The molecule has 1 heterocycles. The number of hydrogen-bond acceptors (Lipinski definition) is 4. The first kappa shape index (κ1) is 7.09. The minimum atomic E-state index is -0.0116. The molecule has 2 rings (SSSR count). The Morgan fingerprint density at radius 1 is 0.917 bits per heavy atom. The summed E-state index contributed by atoms with van der Waals surface area (Å²) in [5.74, 6) is 0.424. The Morgan fingerprint density at radius 2 is 1.33 bits per heavy atom. The summed E-state index contributed by atoms with van der Waals surface area (Å²) in [5, 5.41) is 18.5. The first-order valence-corrected chi connectivity index (χ1v) is 3.59. The van der Waals surface area contributed by atoms with Gasteiger partial charge in [-0.05, 0) is 12.1 Å². The monoisotopic (exact) mass is 168 g/mol. The van der Waals surface area contributed by atoms with Crippen LogP contribution in [0.4, 0.5) is 0 Å². The van der Waals surface area contributed by atoms with Crippen LogP contribution in [-0.4, -0.2) is 23.4 Å². The van der Waals surface area contributed by atoms with Crippen molar-refractivity contribution < 1.29 is 19.7 Å². The first-order chi connectivity index (χ1) is 5.79. The fourth-order valence-corrected chi connectivity index (χ4v) is 1.11. The van der Waals surface area contributed by atoms with E-state index in [-0.39, 0.29) is 23.0 Å². The van der Waals surface area contributed by atoms with Gasteiger partial charge in [0.05, 0.1) is 0 Å². The van der Waals surface area contributed by atoms with Crippen molar-refractivity contribution in [3.8, 4) is 23.0 Å². The molecule has 2 N–H and O–H groups in total. The molecule has 0 amide bonds. The van der Waals surface area contributed by atoms with E-state index in [9.17, 15) is 10.2 Å². The number of benzene rings is 1. The number of ether oxygens (including phenoxy) is 2. The summed E-state index contributed by atoms with van der Waals surface area (Å²) in [4.78, 5) is 0. The van der Waals surface area contributed by atoms with E-state index in [1.165, 1.54) is 12.1 Å². The van der Waals surface area contributed by atoms with Gasteiger partial charge in [-0.2, -0.15) is 0 Å². The number of aromatic hydroxyl groups is 2. The molecular formula is C8H8O4. The van der Waals surface area contributed by atoms with Gasteiger partial charge in [0, 0.05) is 0 Å². The van der Waals surface area contributed by atoms with Gasteiger partial charge in [0.1, 0.15) is 13.2 Å². The van der Waals surface area contributed by atoms with E-state index < -0.39 is 0 Å². The number of rotatable bonds is 0. The van der Waals surface area contributed by atoms with Crippen LogP contribution in [-0.2, 0) is 0 Å². The average Bonchev–Trinajstić information content (AvgIpc) is 2.12. The summed E-state index contributed by atoms with van der Waals surface area (Å²) >= 11 is 0. The molecule has 0 atom stereocenters. The van der Waals surface area contributed by atoms with Gasteiger partial charge < -0.3 is 19.7 Å². The highest BCUT2D eigenvalue weighted by Gasteiger charge is 2.19. The van der Waals surface area contributed by atoms with E-state index in [0.717, 1.165) is 0 Å². The lowest BCUT2D eigenvalue weighted by Gasteiger charge is -2.19. The lowest BCUT2D eigenvalue weighted by molar-refractivity contribution is 0.160. The van der Waals surface area contributed by atoms with Crippen molar-refractivity contribution >= 4 is 0 Å². The largest absolute Gasteiger partial charge is 0.504 e. The van der Waals surface area contributed by atoms with E-state index in [1.807, 2.05) is 0 Å². The van der Waals surface area contributed by atoms with Crippen molar-refractivity contribution in [3.05, 3.63) is 12.1 Å². The first-order valence-electron chi connectivity index (χ1n) is 3.59. The van der Waals surface area contributed by atoms with Gasteiger partial charge in [-0.25, -0.2) is 0 Å². The molecule has 0 saturated heterocycles. The Hall–Kier alpha value is -1.58. The van der Waals surface area contributed by atoms with E-state index in [2.05, 4.69) is 0 Å². The molecule has 64 valence electrons. The zero-order chi connectivity index (χ0) is 8.55. The van der Waals surface area contributed by atoms with Gasteiger partial charge in [0.2, 0.25) is 11.5 Å². The molecule has 0 aromatic heterocycles. The van der Waals surface area contributed by atoms with Crippen molar-refractivity contribution in [1.82, 2.24) is 0 Å². The summed E-state index contributed by atoms with van der Waals surface area (Å²) in [7, 11) is 0. The highest BCUT2D eigenvalue weighted by molar-refractivity contribution is 5.58. The standard InChI is InChI=1S/C8H8O4/c9-5-1-2-6(10)8-7(5)11-3-4-12-8/h1-2,9-10H,3-4H2. The molecule has 1 aliphatic rings. The maximum absolute atomic E-state index is 9.26. The second-order valence-electron chi connectivity index (χ2n) is 2.46. The summed E-state index contributed by atoms with van der Waals surface area (Å²) in [6, 6.07) is 2.73. The minimum absolute atomic E-state index is 0.0116. The number of hydrogen-bond donors (Lipinski definition) is 2. The third-order valence-electron chi connectivity index (χ3n) is 1.65. The molecule has 4 heteroatoms. The Labute approximate surface area is 69.0 Å². The van der Waals surface area contributed by atoms with Crippen molar-refractivity contribution in [2.24, 2.45) is 0 Å². The molecule has 1 aliphatic heterocycles. The lowest BCUT2D eigenvalue weighted by Crippen LogP contribution is -2.15. The number of fused-ring (bicyclic) bond motifs is 1. The Kier molecular flexibility index (Phi) is 1.46. The summed E-state index contributed by atoms with van der Waals surface area (Å²) in [5.41, 5.74) is 0. The molecular weight excluding hydrogens is 160 g/mol. The van der Waals surface area contributed by atoms with Gasteiger partial charge >= 0.3 is 0 Å². The second-order valence-corrected chi connectivity index (χ2v) is 2.46. The fourth-order valence-electron chi connectivity index (χ4n) is 1.11. The zero-order valence-corrected chi connectivity index (χ0v) is 6.28. The Balaban J connectivity index is 2.57. The topological polar surface area (TPSA) is 58.9 Å². The molecule has 1 aromatic carbocycles. The molecule has 0 fully saturated rings. The fraction of sp³-hybridized carbons (Fsp3) is 0.250. The van der Waals surface area contributed by atoms with Gasteiger partial charge in [0.15, 0.2) is 11.5 Å². The molecule has 0 aliphatic carbocycles. The van der Waals surface area contributed by atoms with E-state index >= 15 is 0 Å². The van der Waals surface area contributed by atoms with Crippen LogP contribution in [0.3, 0.4) is 0 Å². The smallest absolute Gasteiger partial charge is 0.207 e. The van der Waals surface area contributed by atoms with Gasteiger partial charge in [0.25, 0.3) is 0 Å². The maximum atomic E-state index is 9.26. The van der Waals surface area contributed by atoms with Crippen LogP contribution >= 0.6 is 0 Å². The minimum Gasteiger partial charge on any atom is -0.504 e. The van der Waals surface area contributed by atoms with Gasteiger partial charge in [-0.3, -0.25) is 0 Å². The van der Waals surface area contributed by atoms with Crippen LogP contribution in [0.15, 0.2) is 12.1 Å². The van der Waals surface area contributed by atoms with Gasteiger partial charge in [-0.15, -0.1) is 0 Å². The predicted octanol–water partition coefficient (Wildman–Crippen LogP) is 0.869. The van der Waals surface area contributed by atoms with Gasteiger partial charge in [-0.1, -0.05) is 0 Å². The normalized spacial score (nSPS) is 14.3. The molecule has 0 unspecified atom stereocenters. The predicted molar refractivity (Wildman–Crippen MR) is 40.8 cm³/mol. The van der Waals surface area contributed by atoms with Crippen LogP contribution in [0.5, 0.6) is 23.0 Å². The third-order valence-corrected chi connectivity index (χ3v) is 1.65. The molecule has 1 aromatic rings. The van der Waals surface area contributed by atoms with Crippen molar-refractivity contribution in [1.29, 1.82) is 0 Å². The van der Waals surface area contributed by atoms with E-state index in [1.54, 1.807) is 0 Å². The molecule has 0 saturated carbocycles. The second kappa shape index (κ2) is 2.48. The summed E-state index contributed by atoms with van der Waals surface area (Å²) in [6.07, 6.45) is 0. The highest BCUT2D eigenvalue weighted by atomic mass is 16.6. The molecule has 4 nitrogen and oxygen atoms in total. The van der Waals surface area contributed by atoms with Crippen LogP contribution in [0, 0.1) is 0 Å². The molecule has 0 bridgehead atoms. The van der Waals surface area contributed by atoms with Crippen LogP contribution in [0.25, 0.3) is 0 Å². The maximum Gasteiger partial charge on any atom is 0.207 e. The molecule has 12 heavy (non-hydrogen) atoms. The van der Waals surface area contributed by atoms with E-state index in [4.69, 9.17) is 9.47 Å². The molecule has 0 spiro atoms. The zero-order valence-electron chi connectivity index (χ0n) is 6.28. The third kappa shape index (κ3) is 0.922. The Morgan fingerprint density at radius 3 is 1.75 bits per heavy atom. The number of phenolic OH excluding ortho intramolecular Hbond substituents is 2. The number of phenols is 2. The van der Waals surface area contributed by atoms with Crippen LogP contribution in [0.1, 0.15) is 0 Å². The summed E-state index contributed by atoms with van der Waals surface area (Å²) in [6.45, 7) is 0.786. The van der Waals surface area contributed by atoms with Crippen molar-refractivity contribution in [2.45, 2.75) is 0 Å².